The molecule has 116 valence electrons. The molecule has 1 heterocycles. The van der Waals surface area contributed by atoms with Crippen LogP contribution < -0.4 is 5.73 Å². The van der Waals surface area contributed by atoms with Gasteiger partial charge in [0.25, 0.3) is 0 Å². The number of hydrogen-bond donors (Lipinski definition) is 2. The van der Waals surface area contributed by atoms with Gasteiger partial charge >= 0.3 is 0 Å². The van der Waals surface area contributed by atoms with Crippen LogP contribution in [0, 0.1) is 5.41 Å². The Morgan fingerprint density at radius 1 is 1.40 bits per heavy atom. The van der Waals surface area contributed by atoms with Crippen LogP contribution in [-0.4, -0.2) is 45.4 Å². The van der Waals surface area contributed by atoms with E-state index >= 15 is 0 Å². The van der Waals surface area contributed by atoms with E-state index in [0.29, 0.717) is 12.8 Å². The Kier molecular flexibility index (Phi) is 5.74. The molecule has 0 aliphatic carbocycles. The van der Waals surface area contributed by atoms with Crippen LogP contribution in [0.5, 0.6) is 0 Å². The third-order valence-corrected chi connectivity index (χ3v) is 5.71. The molecule has 20 heavy (non-hydrogen) atoms. The molecule has 1 fully saturated rings. The van der Waals surface area contributed by atoms with Crippen molar-refractivity contribution in [2.45, 2.75) is 51.7 Å². The summed E-state index contributed by atoms with van der Waals surface area (Å²) >= 11 is 1.90. The molecule has 0 unspecified atom stereocenters. The Morgan fingerprint density at radius 2 is 2.00 bits per heavy atom. The van der Waals surface area contributed by atoms with Gasteiger partial charge in [-0.25, -0.2) is 0 Å². The number of rotatable bonds is 4. The average Bonchev–Trinajstić information content (AvgIpc) is 2.61. The third-order valence-electron chi connectivity index (χ3n) is 4.34. The molecule has 0 bridgehead atoms. The minimum Gasteiger partial charge on any atom is -0.409 e. The highest BCUT2D eigenvalue weighted by Crippen LogP contribution is 2.34. The van der Waals surface area contributed by atoms with Crippen LogP contribution in [-0.2, 0) is 4.79 Å². The fourth-order valence-electron chi connectivity index (χ4n) is 2.65. The average molecular weight is 301 g/mol. The van der Waals surface area contributed by atoms with E-state index in [2.05, 4.69) is 19.0 Å². The van der Waals surface area contributed by atoms with E-state index in [0.717, 1.165) is 25.3 Å². The second-order valence-corrected chi connectivity index (χ2v) is 7.73. The molecule has 5 nitrogen and oxygen atoms in total. The fraction of sp³-hybridized carbons (Fsp3) is 0.857. The molecule has 0 radical (unpaired) electrons. The van der Waals surface area contributed by atoms with E-state index in [1.165, 1.54) is 0 Å². The van der Waals surface area contributed by atoms with Gasteiger partial charge in [0.2, 0.25) is 5.91 Å². The maximum Gasteiger partial charge on any atom is 0.236 e. The lowest BCUT2D eigenvalue weighted by Gasteiger charge is -2.34. The predicted molar refractivity (Wildman–Crippen MR) is 84.2 cm³/mol. The molecule has 1 rings (SSSR count). The molecule has 0 aromatic heterocycles. The summed E-state index contributed by atoms with van der Waals surface area (Å²) in [7, 11) is 0. The molecule has 1 amide bonds. The lowest BCUT2D eigenvalue weighted by molar-refractivity contribution is -0.138. The summed E-state index contributed by atoms with van der Waals surface area (Å²) in [5.41, 5.74) is 4.95. The van der Waals surface area contributed by atoms with Crippen molar-refractivity contribution in [1.82, 2.24) is 4.90 Å². The molecular formula is C14H27N3O2S. The van der Waals surface area contributed by atoms with Gasteiger partial charge in [-0.05, 0) is 19.3 Å². The SMILES string of the molecule is CCC(CC)(C(=O)N1CCSC(C)(C)CC1)C(N)=NO. The molecule has 0 atom stereocenters. The molecule has 6 heteroatoms. The highest BCUT2D eigenvalue weighted by atomic mass is 32.2. The summed E-state index contributed by atoms with van der Waals surface area (Å²) in [5.74, 6) is 0.957. The first-order chi connectivity index (χ1) is 9.33. The highest BCUT2D eigenvalue weighted by Gasteiger charge is 2.43. The van der Waals surface area contributed by atoms with E-state index in [-0.39, 0.29) is 16.5 Å². The van der Waals surface area contributed by atoms with E-state index in [4.69, 9.17) is 10.9 Å². The van der Waals surface area contributed by atoms with Crippen LogP contribution in [0.4, 0.5) is 0 Å². The Morgan fingerprint density at radius 3 is 2.50 bits per heavy atom. The van der Waals surface area contributed by atoms with Gasteiger partial charge in [0, 0.05) is 23.6 Å². The minimum absolute atomic E-state index is 0.00361. The van der Waals surface area contributed by atoms with Gasteiger partial charge in [-0.3, -0.25) is 4.79 Å². The number of nitrogens with two attached hydrogens (primary N) is 1. The number of carbonyl (C=O) groups is 1. The Bertz CT molecular complexity index is 379. The van der Waals surface area contributed by atoms with Crippen LogP contribution in [0.25, 0.3) is 0 Å². The van der Waals surface area contributed by atoms with Crippen LogP contribution in [0.3, 0.4) is 0 Å². The summed E-state index contributed by atoms with van der Waals surface area (Å²) in [4.78, 5) is 14.8. The maximum absolute atomic E-state index is 12.9. The maximum atomic E-state index is 12.9. The lowest BCUT2D eigenvalue weighted by Crippen LogP contribution is -2.51. The van der Waals surface area contributed by atoms with Crippen molar-refractivity contribution in [3.63, 3.8) is 0 Å². The second kappa shape index (κ2) is 6.70. The summed E-state index contributed by atoms with van der Waals surface area (Å²) in [6.45, 7) is 9.71. The van der Waals surface area contributed by atoms with Gasteiger partial charge in [-0.1, -0.05) is 32.9 Å². The normalized spacial score (nSPS) is 20.6. The van der Waals surface area contributed by atoms with E-state index < -0.39 is 5.41 Å². The summed E-state index contributed by atoms with van der Waals surface area (Å²) < 4.78 is 0.201. The van der Waals surface area contributed by atoms with Crippen molar-refractivity contribution in [3.8, 4) is 0 Å². The molecule has 1 aliphatic rings. The van der Waals surface area contributed by atoms with Crippen LogP contribution in [0.2, 0.25) is 0 Å². The van der Waals surface area contributed by atoms with Crippen molar-refractivity contribution in [1.29, 1.82) is 0 Å². The van der Waals surface area contributed by atoms with Crippen LogP contribution in [0.1, 0.15) is 47.0 Å². The van der Waals surface area contributed by atoms with Gasteiger partial charge in [0.15, 0.2) is 5.84 Å². The van der Waals surface area contributed by atoms with Crippen LogP contribution >= 0.6 is 11.8 Å². The second-order valence-electron chi connectivity index (χ2n) is 5.92. The van der Waals surface area contributed by atoms with E-state index in [1.807, 2.05) is 30.5 Å². The molecule has 3 N–H and O–H groups in total. The zero-order valence-electron chi connectivity index (χ0n) is 13.0. The third kappa shape index (κ3) is 3.40. The molecule has 1 aliphatic heterocycles. The standard InChI is InChI=1S/C14H27N3O2S/c1-5-14(6-2,11(15)16-19)12(18)17-8-7-13(3,4)20-10-9-17/h19H,5-10H2,1-4H3,(H2,15,16). The zero-order valence-corrected chi connectivity index (χ0v) is 13.8. The van der Waals surface area contributed by atoms with Crippen molar-refractivity contribution in [2.75, 3.05) is 18.8 Å². The fourth-order valence-corrected chi connectivity index (χ4v) is 3.75. The first kappa shape index (κ1) is 17.1. The van der Waals surface area contributed by atoms with Gasteiger partial charge in [-0.2, -0.15) is 11.8 Å². The molecule has 1 saturated heterocycles. The molecule has 0 aromatic rings. The van der Waals surface area contributed by atoms with Crippen molar-refractivity contribution in [2.24, 2.45) is 16.3 Å². The number of hydrogen-bond acceptors (Lipinski definition) is 4. The summed E-state index contributed by atoms with van der Waals surface area (Å²) in [5, 5.41) is 12.1. The van der Waals surface area contributed by atoms with Gasteiger partial charge in [-0.15, -0.1) is 0 Å². The first-order valence-corrected chi connectivity index (χ1v) is 8.23. The smallest absolute Gasteiger partial charge is 0.236 e. The molecule has 0 aromatic carbocycles. The van der Waals surface area contributed by atoms with E-state index in [9.17, 15) is 4.79 Å². The minimum atomic E-state index is -0.867. The molecule has 0 spiro atoms. The largest absolute Gasteiger partial charge is 0.409 e. The number of amidine groups is 1. The Labute approximate surface area is 126 Å². The number of carbonyl (C=O) groups excluding carboxylic acids is 1. The van der Waals surface area contributed by atoms with Crippen molar-refractivity contribution in [3.05, 3.63) is 0 Å². The Balaban J connectivity index is 2.96. The predicted octanol–water partition coefficient (Wildman–Crippen LogP) is 2.28. The quantitative estimate of drug-likeness (QED) is 0.361. The van der Waals surface area contributed by atoms with Crippen LogP contribution in [0.15, 0.2) is 5.16 Å². The van der Waals surface area contributed by atoms with Gasteiger partial charge in [0.1, 0.15) is 5.41 Å². The summed E-state index contributed by atoms with van der Waals surface area (Å²) in [6, 6.07) is 0. The highest BCUT2D eigenvalue weighted by molar-refractivity contribution is 8.00. The van der Waals surface area contributed by atoms with Crippen molar-refractivity contribution >= 4 is 23.5 Å². The lowest BCUT2D eigenvalue weighted by atomic mass is 9.79. The number of thioether (sulfide) groups is 1. The molecule has 0 saturated carbocycles. The zero-order chi connectivity index (χ0) is 15.4. The number of nitrogens with zero attached hydrogens (tertiary/aromatic N) is 2. The van der Waals surface area contributed by atoms with Gasteiger partial charge in [0.05, 0.1) is 0 Å². The van der Waals surface area contributed by atoms with Crippen molar-refractivity contribution < 1.29 is 10.0 Å². The summed E-state index contributed by atoms with van der Waals surface area (Å²) in [6.07, 6.45) is 2.06. The monoisotopic (exact) mass is 301 g/mol. The van der Waals surface area contributed by atoms with E-state index in [1.54, 1.807) is 0 Å². The topological polar surface area (TPSA) is 78.9 Å². The number of amides is 1. The first-order valence-electron chi connectivity index (χ1n) is 7.24. The number of oxime groups is 1. The Hall–Kier alpha value is -0.910. The van der Waals surface area contributed by atoms with Gasteiger partial charge < -0.3 is 15.8 Å². The molecular weight excluding hydrogens is 274 g/mol.